The Bertz CT molecular complexity index is 662. The lowest BCUT2D eigenvalue weighted by Gasteiger charge is -2.35. The van der Waals surface area contributed by atoms with Crippen molar-refractivity contribution in [2.45, 2.75) is 51.6 Å². The minimum absolute atomic E-state index is 0. The van der Waals surface area contributed by atoms with Crippen LogP contribution in [0.4, 0.5) is 0 Å². The highest BCUT2D eigenvalue weighted by molar-refractivity contribution is 5.85. The lowest BCUT2D eigenvalue weighted by Crippen LogP contribution is -2.33. The summed E-state index contributed by atoms with van der Waals surface area (Å²) in [7, 11) is 0. The summed E-state index contributed by atoms with van der Waals surface area (Å²) in [5, 5.41) is 0. The van der Waals surface area contributed by atoms with Gasteiger partial charge in [0.15, 0.2) is 0 Å². The molecular weight excluding hydrogens is 332 g/mol. The van der Waals surface area contributed by atoms with Crippen LogP contribution in [-0.4, -0.2) is 28.0 Å². The summed E-state index contributed by atoms with van der Waals surface area (Å²) >= 11 is 0. The Morgan fingerprint density at radius 1 is 1.20 bits per heavy atom. The molecule has 25 heavy (non-hydrogen) atoms. The van der Waals surface area contributed by atoms with Gasteiger partial charge in [-0.05, 0) is 75.9 Å². The molecule has 1 aliphatic carbocycles. The lowest BCUT2D eigenvalue weighted by atomic mass is 9.90. The van der Waals surface area contributed by atoms with Crippen LogP contribution in [0.15, 0.2) is 36.5 Å². The minimum atomic E-state index is 0. The minimum Gasteiger partial charge on any atom is -0.330 e. The van der Waals surface area contributed by atoms with Crippen LogP contribution in [-0.2, 0) is 13.0 Å². The molecule has 0 aliphatic heterocycles. The van der Waals surface area contributed by atoms with Gasteiger partial charge in [-0.2, -0.15) is 0 Å². The second kappa shape index (κ2) is 9.85. The molecule has 2 N–H and O–H groups in total. The number of nitrogens with zero attached hydrogens (tertiary/aromatic N) is 3. The van der Waals surface area contributed by atoms with Crippen molar-refractivity contribution in [1.82, 2.24) is 14.9 Å². The van der Waals surface area contributed by atoms with Crippen molar-refractivity contribution in [3.05, 3.63) is 59.2 Å². The van der Waals surface area contributed by atoms with Gasteiger partial charge in [-0.15, -0.1) is 12.4 Å². The zero-order valence-electron chi connectivity index (χ0n) is 15.0. The van der Waals surface area contributed by atoms with E-state index in [0.29, 0.717) is 6.04 Å². The van der Waals surface area contributed by atoms with E-state index >= 15 is 0 Å². The summed E-state index contributed by atoms with van der Waals surface area (Å²) in [4.78, 5) is 12.0. The molecule has 2 heterocycles. The van der Waals surface area contributed by atoms with E-state index < -0.39 is 0 Å². The van der Waals surface area contributed by atoms with Gasteiger partial charge in [-0.25, -0.2) is 0 Å². The monoisotopic (exact) mass is 360 g/mol. The number of rotatable bonds is 7. The Morgan fingerprint density at radius 2 is 2.08 bits per heavy atom. The number of aryl methyl sites for hydroxylation is 2. The van der Waals surface area contributed by atoms with E-state index in [0.717, 1.165) is 50.3 Å². The number of hydrogen-bond acceptors (Lipinski definition) is 4. The first kappa shape index (κ1) is 19.8. The van der Waals surface area contributed by atoms with E-state index in [2.05, 4.69) is 42.2 Å². The number of unbranched alkanes of at least 4 members (excludes halogenated alkanes) is 1. The van der Waals surface area contributed by atoms with Gasteiger partial charge in [0.1, 0.15) is 0 Å². The average molecular weight is 361 g/mol. The molecule has 0 saturated carbocycles. The van der Waals surface area contributed by atoms with Crippen molar-refractivity contribution in [3.63, 3.8) is 0 Å². The highest BCUT2D eigenvalue weighted by Crippen LogP contribution is 2.33. The smallest absolute Gasteiger partial charge is 0.0607 e. The van der Waals surface area contributed by atoms with Gasteiger partial charge < -0.3 is 5.73 Å². The van der Waals surface area contributed by atoms with E-state index in [9.17, 15) is 0 Å². The van der Waals surface area contributed by atoms with Gasteiger partial charge in [0.2, 0.25) is 0 Å². The molecule has 1 atom stereocenters. The SMILES string of the molecule is Cc1cccc(CN(CCCCN)[C@H]2CCCc3cccnc32)n1.Cl. The van der Waals surface area contributed by atoms with Crippen LogP contribution in [0, 0.1) is 6.92 Å². The standard InChI is InChI=1S/C20H28N4.ClH/c1-16-7-4-10-18(23-16)15-24(14-3-2-12-21)19-11-5-8-17-9-6-13-22-20(17)19;/h4,6-7,9-10,13,19H,2-3,5,8,11-12,14-15,21H2,1H3;1H/t19-;/m0./s1. The molecular formula is C20H29ClN4. The van der Waals surface area contributed by atoms with Crippen molar-refractivity contribution in [1.29, 1.82) is 0 Å². The number of halogens is 1. The van der Waals surface area contributed by atoms with Gasteiger partial charge in [-0.1, -0.05) is 12.1 Å². The van der Waals surface area contributed by atoms with Crippen LogP contribution in [0.25, 0.3) is 0 Å². The van der Waals surface area contributed by atoms with Crippen molar-refractivity contribution in [2.75, 3.05) is 13.1 Å². The molecule has 3 rings (SSSR count). The molecule has 0 amide bonds. The average Bonchev–Trinajstić information content (AvgIpc) is 2.61. The number of nitrogens with two attached hydrogens (primary N) is 1. The zero-order valence-corrected chi connectivity index (χ0v) is 15.8. The van der Waals surface area contributed by atoms with Crippen molar-refractivity contribution >= 4 is 12.4 Å². The van der Waals surface area contributed by atoms with Crippen LogP contribution in [0.3, 0.4) is 0 Å². The summed E-state index contributed by atoms with van der Waals surface area (Å²) in [6, 6.07) is 11.0. The van der Waals surface area contributed by atoms with E-state index in [1.54, 1.807) is 0 Å². The molecule has 0 aromatic carbocycles. The first-order valence-electron chi connectivity index (χ1n) is 9.08. The summed E-state index contributed by atoms with van der Waals surface area (Å²) in [5.74, 6) is 0. The van der Waals surface area contributed by atoms with Crippen molar-refractivity contribution in [2.24, 2.45) is 5.73 Å². The highest BCUT2D eigenvalue weighted by Gasteiger charge is 2.27. The fourth-order valence-electron chi connectivity index (χ4n) is 3.64. The number of fused-ring (bicyclic) bond motifs is 1. The molecule has 5 heteroatoms. The third-order valence-electron chi connectivity index (χ3n) is 4.82. The van der Waals surface area contributed by atoms with E-state index in [-0.39, 0.29) is 12.4 Å². The Labute approximate surface area is 157 Å². The highest BCUT2D eigenvalue weighted by atomic mass is 35.5. The Kier molecular flexibility index (Phi) is 7.82. The van der Waals surface area contributed by atoms with Crippen molar-refractivity contribution in [3.8, 4) is 0 Å². The van der Waals surface area contributed by atoms with Crippen LogP contribution < -0.4 is 5.73 Å². The molecule has 2 aromatic rings. The predicted molar refractivity (Wildman–Crippen MR) is 105 cm³/mol. The molecule has 0 fully saturated rings. The topological polar surface area (TPSA) is 55.0 Å². The van der Waals surface area contributed by atoms with Gasteiger partial charge in [0.05, 0.1) is 17.4 Å². The number of aromatic nitrogens is 2. The van der Waals surface area contributed by atoms with Gasteiger partial charge in [0.25, 0.3) is 0 Å². The fourth-order valence-corrected chi connectivity index (χ4v) is 3.64. The zero-order chi connectivity index (χ0) is 16.8. The maximum atomic E-state index is 5.70. The lowest BCUT2D eigenvalue weighted by molar-refractivity contribution is 0.161. The number of pyridine rings is 2. The molecule has 0 unspecified atom stereocenters. The largest absolute Gasteiger partial charge is 0.330 e. The summed E-state index contributed by atoms with van der Waals surface area (Å²) in [6.45, 7) is 4.75. The predicted octanol–water partition coefficient (Wildman–Crippen LogP) is 3.83. The molecule has 0 bridgehead atoms. The molecule has 2 aromatic heterocycles. The number of hydrogen-bond donors (Lipinski definition) is 1. The molecule has 1 aliphatic rings. The fraction of sp³-hybridized carbons (Fsp3) is 0.500. The maximum Gasteiger partial charge on any atom is 0.0607 e. The van der Waals surface area contributed by atoms with Crippen LogP contribution in [0.2, 0.25) is 0 Å². The van der Waals surface area contributed by atoms with Gasteiger partial charge in [0, 0.05) is 18.4 Å². The third-order valence-corrected chi connectivity index (χ3v) is 4.82. The Hall–Kier alpha value is -1.49. The first-order chi connectivity index (χ1) is 11.8. The van der Waals surface area contributed by atoms with Crippen molar-refractivity contribution < 1.29 is 0 Å². The molecule has 0 spiro atoms. The quantitative estimate of drug-likeness (QED) is 0.762. The van der Waals surface area contributed by atoms with Gasteiger partial charge >= 0.3 is 0 Å². The molecule has 0 saturated heterocycles. The molecule has 136 valence electrons. The van der Waals surface area contributed by atoms with Crippen LogP contribution in [0.1, 0.15) is 54.4 Å². The van der Waals surface area contributed by atoms with Crippen LogP contribution >= 0.6 is 12.4 Å². The third kappa shape index (κ3) is 5.24. The first-order valence-corrected chi connectivity index (χ1v) is 9.08. The van der Waals surface area contributed by atoms with E-state index in [1.165, 1.54) is 24.1 Å². The summed E-state index contributed by atoms with van der Waals surface area (Å²) < 4.78 is 0. The van der Waals surface area contributed by atoms with Crippen LogP contribution in [0.5, 0.6) is 0 Å². The van der Waals surface area contributed by atoms with E-state index in [4.69, 9.17) is 15.7 Å². The Balaban J connectivity index is 0.00000225. The normalized spacial score (nSPS) is 16.4. The summed E-state index contributed by atoms with van der Waals surface area (Å²) in [5.41, 5.74) is 10.6. The second-order valence-corrected chi connectivity index (χ2v) is 6.69. The van der Waals surface area contributed by atoms with E-state index in [1.807, 2.05) is 6.20 Å². The Morgan fingerprint density at radius 3 is 2.88 bits per heavy atom. The molecule has 4 nitrogen and oxygen atoms in total. The van der Waals surface area contributed by atoms with Gasteiger partial charge in [-0.3, -0.25) is 14.9 Å². The molecule has 0 radical (unpaired) electrons. The second-order valence-electron chi connectivity index (χ2n) is 6.69. The maximum absolute atomic E-state index is 5.70. The summed E-state index contributed by atoms with van der Waals surface area (Å²) in [6.07, 6.45) is 7.69.